The smallest absolute Gasteiger partial charge is 0.189 e. The van der Waals surface area contributed by atoms with Crippen molar-refractivity contribution in [3.8, 4) is 5.75 Å². The number of aryl methyl sites for hydroxylation is 2. The van der Waals surface area contributed by atoms with Gasteiger partial charge in [0.15, 0.2) is 11.4 Å². The zero-order valence-electron chi connectivity index (χ0n) is 13.9. The normalized spacial score (nSPS) is 11.0. The van der Waals surface area contributed by atoms with Gasteiger partial charge in [0.2, 0.25) is 0 Å². The highest BCUT2D eigenvalue weighted by Gasteiger charge is 2.15. The molecule has 0 bridgehead atoms. The first-order valence-electron chi connectivity index (χ1n) is 7.84. The van der Waals surface area contributed by atoms with Gasteiger partial charge in [-0.25, -0.2) is 0 Å². The van der Waals surface area contributed by atoms with Crippen LogP contribution >= 0.6 is 23.5 Å². The molecule has 3 rings (SSSR count). The van der Waals surface area contributed by atoms with Crippen LogP contribution in [0.3, 0.4) is 0 Å². The molecule has 0 amide bonds. The summed E-state index contributed by atoms with van der Waals surface area (Å²) < 4.78 is 14.1. The molecular formula is C18H19ClN2O2S. The lowest BCUT2D eigenvalue weighted by molar-refractivity contribution is 0.404. The van der Waals surface area contributed by atoms with E-state index in [1.807, 2.05) is 18.2 Å². The molecule has 0 aliphatic carbocycles. The highest BCUT2D eigenvalue weighted by atomic mass is 35.5. The quantitative estimate of drug-likeness (QED) is 0.567. The predicted octanol–water partition coefficient (Wildman–Crippen LogP) is 5.73. The fraction of sp³-hybridized carbons (Fsp3) is 0.278. The number of benzene rings is 2. The minimum absolute atomic E-state index is 0.624. The number of nitrogens with one attached hydrogen (secondary N) is 1. The summed E-state index contributed by atoms with van der Waals surface area (Å²) in [7, 11) is 1.67. The number of rotatable bonds is 6. The second-order valence-electron chi connectivity index (χ2n) is 5.34. The van der Waals surface area contributed by atoms with Crippen LogP contribution in [0.2, 0.25) is 5.02 Å². The van der Waals surface area contributed by atoms with Gasteiger partial charge in [0.1, 0.15) is 5.75 Å². The fourth-order valence-corrected chi connectivity index (χ4v) is 3.69. The number of nitrogens with zero attached hydrogens (tertiary/aromatic N) is 1. The number of methoxy groups -OCH3 is 1. The van der Waals surface area contributed by atoms with E-state index < -0.39 is 0 Å². The molecule has 0 aliphatic rings. The Morgan fingerprint density at radius 2 is 2.04 bits per heavy atom. The van der Waals surface area contributed by atoms with Gasteiger partial charge >= 0.3 is 0 Å². The summed E-state index contributed by atoms with van der Waals surface area (Å²) in [6.07, 6.45) is 1.83. The van der Waals surface area contributed by atoms with Gasteiger partial charge in [-0.05, 0) is 54.1 Å². The minimum atomic E-state index is 0.624. The molecule has 6 heteroatoms. The van der Waals surface area contributed by atoms with Crippen LogP contribution < -0.4 is 9.46 Å². The van der Waals surface area contributed by atoms with Crippen molar-refractivity contribution in [2.24, 2.45) is 0 Å². The molecule has 24 heavy (non-hydrogen) atoms. The summed E-state index contributed by atoms with van der Waals surface area (Å²) in [5, 5.41) is 5.62. The molecule has 2 aromatic carbocycles. The summed E-state index contributed by atoms with van der Waals surface area (Å²) in [4.78, 5) is 0.996. The summed E-state index contributed by atoms with van der Waals surface area (Å²) >= 11 is 7.94. The van der Waals surface area contributed by atoms with Crippen molar-refractivity contribution in [2.75, 3.05) is 11.8 Å². The van der Waals surface area contributed by atoms with E-state index >= 15 is 0 Å². The van der Waals surface area contributed by atoms with Gasteiger partial charge < -0.3 is 14.0 Å². The second kappa shape index (κ2) is 7.36. The van der Waals surface area contributed by atoms with Crippen LogP contribution in [0.15, 0.2) is 39.8 Å². The van der Waals surface area contributed by atoms with Gasteiger partial charge in [-0.2, -0.15) is 0 Å². The Labute approximate surface area is 150 Å². The average molecular weight is 363 g/mol. The first-order valence-corrected chi connectivity index (χ1v) is 9.03. The second-order valence-corrected chi connectivity index (χ2v) is 6.57. The van der Waals surface area contributed by atoms with Crippen LogP contribution in [0.1, 0.15) is 25.0 Å². The molecule has 1 N–H and O–H groups in total. The number of ether oxygens (including phenoxy) is 1. The van der Waals surface area contributed by atoms with Gasteiger partial charge in [-0.1, -0.05) is 42.7 Å². The van der Waals surface area contributed by atoms with Crippen LogP contribution in [-0.4, -0.2) is 12.3 Å². The summed E-state index contributed by atoms with van der Waals surface area (Å²) in [5.41, 5.74) is 3.00. The van der Waals surface area contributed by atoms with Crippen LogP contribution in [0.25, 0.3) is 11.0 Å². The van der Waals surface area contributed by atoms with E-state index in [0.717, 1.165) is 34.4 Å². The van der Waals surface area contributed by atoms with Gasteiger partial charge in [-0.15, -0.1) is 0 Å². The van der Waals surface area contributed by atoms with Crippen molar-refractivity contribution in [2.45, 2.75) is 31.6 Å². The number of fused-ring (bicyclic) bond motifs is 1. The third kappa shape index (κ3) is 3.19. The van der Waals surface area contributed by atoms with Crippen molar-refractivity contribution in [3.05, 3.63) is 46.5 Å². The number of hydrogen-bond donors (Lipinski definition) is 1. The highest BCUT2D eigenvalue weighted by molar-refractivity contribution is 8.00. The highest BCUT2D eigenvalue weighted by Crippen LogP contribution is 2.37. The van der Waals surface area contributed by atoms with Gasteiger partial charge in [0.25, 0.3) is 0 Å². The summed E-state index contributed by atoms with van der Waals surface area (Å²) in [5.74, 6) is 1.44. The maximum atomic E-state index is 6.50. The number of aromatic nitrogens is 1. The summed E-state index contributed by atoms with van der Waals surface area (Å²) in [6, 6.07) is 10.0. The van der Waals surface area contributed by atoms with E-state index in [9.17, 15) is 0 Å². The van der Waals surface area contributed by atoms with Gasteiger partial charge in [0.05, 0.1) is 22.4 Å². The lowest BCUT2D eigenvalue weighted by Gasteiger charge is -2.10. The molecule has 0 fully saturated rings. The lowest BCUT2D eigenvalue weighted by atomic mass is 10.1. The number of hydrogen-bond acceptors (Lipinski definition) is 5. The van der Waals surface area contributed by atoms with E-state index in [4.69, 9.17) is 20.9 Å². The Morgan fingerprint density at radius 1 is 1.21 bits per heavy atom. The monoisotopic (exact) mass is 362 g/mol. The lowest BCUT2D eigenvalue weighted by Crippen LogP contribution is -1.93. The SMILES string of the molecule is CCc1ccc(OC)c(SNc2noc3ccc(CC)c(Cl)c23)c1. The standard InChI is InChI=1S/C18H19ClN2O2S/c1-4-11-6-8-13(22-3)15(10-11)24-21-18-16-14(23-20-18)9-7-12(5-2)17(16)19/h6-10H,4-5H2,1-3H3,(H,20,21). The minimum Gasteiger partial charge on any atom is -0.496 e. The molecule has 0 aliphatic heterocycles. The zero-order valence-corrected chi connectivity index (χ0v) is 15.4. The molecule has 0 radical (unpaired) electrons. The zero-order chi connectivity index (χ0) is 17.1. The molecule has 1 heterocycles. The molecule has 126 valence electrons. The molecule has 1 aromatic heterocycles. The first kappa shape index (κ1) is 17.0. The third-order valence-electron chi connectivity index (χ3n) is 3.93. The largest absolute Gasteiger partial charge is 0.496 e. The van der Waals surface area contributed by atoms with Crippen molar-refractivity contribution < 1.29 is 9.26 Å². The van der Waals surface area contributed by atoms with Crippen LogP contribution in [-0.2, 0) is 12.8 Å². The molecule has 0 saturated heterocycles. The number of anilines is 1. The first-order chi connectivity index (χ1) is 11.7. The predicted molar refractivity (Wildman–Crippen MR) is 100 cm³/mol. The van der Waals surface area contributed by atoms with E-state index in [1.54, 1.807) is 7.11 Å². The van der Waals surface area contributed by atoms with Crippen molar-refractivity contribution in [3.63, 3.8) is 0 Å². The van der Waals surface area contributed by atoms with Crippen LogP contribution in [0.4, 0.5) is 5.82 Å². The average Bonchev–Trinajstić information content (AvgIpc) is 3.04. The van der Waals surface area contributed by atoms with Crippen LogP contribution in [0.5, 0.6) is 5.75 Å². The van der Waals surface area contributed by atoms with Crippen molar-refractivity contribution in [1.82, 2.24) is 5.16 Å². The van der Waals surface area contributed by atoms with E-state index in [1.165, 1.54) is 17.5 Å². The molecule has 3 aromatic rings. The van der Waals surface area contributed by atoms with E-state index in [-0.39, 0.29) is 0 Å². The molecule has 4 nitrogen and oxygen atoms in total. The Bertz CT molecular complexity index is 864. The van der Waals surface area contributed by atoms with Crippen LogP contribution in [0, 0.1) is 0 Å². The van der Waals surface area contributed by atoms with Crippen molar-refractivity contribution >= 4 is 40.3 Å². The van der Waals surface area contributed by atoms with Gasteiger partial charge in [-0.3, -0.25) is 0 Å². The Balaban J connectivity index is 1.91. The Morgan fingerprint density at radius 3 is 2.75 bits per heavy atom. The molecule has 0 atom stereocenters. The number of halogens is 1. The molecule has 0 saturated carbocycles. The summed E-state index contributed by atoms with van der Waals surface area (Å²) in [6.45, 7) is 4.20. The van der Waals surface area contributed by atoms with E-state index in [2.05, 4.69) is 35.9 Å². The van der Waals surface area contributed by atoms with Crippen molar-refractivity contribution in [1.29, 1.82) is 0 Å². The van der Waals surface area contributed by atoms with Gasteiger partial charge in [0, 0.05) is 0 Å². The topological polar surface area (TPSA) is 47.3 Å². The Kier molecular flexibility index (Phi) is 5.21. The maximum absolute atomic E-state index is 6.50. The van der Waals surface area contributed by atoms with E-state index in [0.29, 0.717) is 16.4 Å². The molecule has 0 spiro atoms. The maximum Gasteiger partial charge on any atom is 0.189 e. The molecular weight excluding hydrogens is 344 g/mol. The Hall–Kier alpha value is -1.85. The third-order valence-corrected chi connectivity index (χ3v) is 5.20. The fourth-order valence-electron chi connectivity index (χ4n) is 2.51. The molecule has 0 unspecified atom stereocenters.